The predicted octanol–water partition coefficient (Wildman–Crippen LogP) is 4.87. The van der Waals surface area contributed by atoms with Crippen LogP contribution in [0.1, 0.15) is 0 Å². The van der Waals surface area contributed by atoms with Gasteiger partial charge in [-0.3, -0.25) is 4.98 Å². The fourth-order valence-corrected chi connectivity index (χ4v) is 2.55. The van der Waals surface area contributed by atoms with Gasteiger partial charge in [0.15, 0.2) is 0 Å². The number of hydrogen-bond acceptors (Lipinski definition) is 3. The summed E-state index contributed by atoms with van der Waals surface area (Å²) in [5.41, 5.74) is 8.85. The topological polar surface area (TPSA) is 50.9 Å². The third kappa shape index (κ3) is 2.26. The number of nitrogens with zero attached hydrogens (tertiary/aromatic N) is 1. The zero-order chi connectivity index (χ0) is 14.1. The van der Waals surface area contributed by atoms with Crippen molar-refractivity contribution in [1.82, 2.24) is 4.98 Å². The number of rotatable bonds is 2. The molecule has 1 aromatic heterocycles. The molecule has 3 N–H and O–H groups in total. The molecular formula is C15H11Cl2N3. The zero-order valence-corrected chi connectivity index (χ0v) is 11.9. The quantitative estimate of drug-likeness (QED) is 0.664. The zero-order valence-electron chi connectivity index (χ0n) is 10.4. The molecule has 0 unspecified atom stereocenters. The molecule has 0 aliphatic rings. The first kappa shape index (κ1) is 13.0. The van der Waals surface area contributed by atoms with Gasteiger partial charge in [-0.1, -0.05) is 41.4 Å². The van der Waals surface area contributed by atoms with E-state index in [-0.39, 0.29) is 0 Å². The summed E-state index contributed by atoms with van der Waals surface area (Å²) in [7, 11) is 0. The summed E-state index contributed by atoms with van der Waals surface area (Å²) >= 11 is 12.3. The van der Waals surface area contributed by atoms with Crippen LogP contribution in [0.15, 0.2) is 48.7 Å². The van der Waals surface area contributed by atoms with E-state index in [0.29, 0.717) is 21.4 Å². The van der Waals surface area contributed by atoms with E-state index in [1.165, 1.54) is 0 Å². The molecule has 0 aliphatic carbocycles. The van der Waals surface area contributed by atoms with Crippen molar-refractivity contribution in [3.8, 4) is 0 Å². The summed E-state index contributed by atoms with van der Waals surface area (Å²) in [5.74, 6) is 0. The molecule has 1 heterocycles. The van der Waals surface area contributed by atoms with Gasteiger partial charge in [-0.25, -0.2) is 0 Å². The summed E-state index contributed by atoms with van der Waals surface area (Å²) in [6.45, 7) is 0. The molecule has 20 heavy (non-hydrogen) atoms. The van der Waals surface area contributed by atoms with Crippen LogP contribution in [0, 0.1) is 0 Å². The van der Waals surface area contributed by atoms with Crippen LogP contribution < -0.4 is 11.1 Å². The summed E-state index contributed by atoms with van der Waals surface area (Å²) in [5, 5.41) is 5.29. The molecule has 100 valence electrons. The normalized spacial score (nSPS) is 10.7. The van der Waals surface area contributed by atoms with Crippen LogP contribution in [0.4, 0.5) is 17.1 Å². The standard InChI is InChI=1S/C15H11Cl2N3/c16-10-4-2-5-11(17)15(10)20-13-7-8-19-14-9(13)3-1-6-12(14)18/h1-8H,18H2,(H,19,20). The Morgan fingerprint density at radius 3 is 2.40 bits per heavy atom. The molecule has 0 bridgehead atoms. The van der Waals surface area contributed by atoms with Crippen molar-refractivity contribution in [2.24, 2.45) is 0 Å². The highest BCUT2D eigenvalue weighted by atomic mass is 35.5. The van der Waals surface area contributed by atoms with E-state index in [1.54, 1.807) is 24.4 Å². The highest BCUT2D eigenvalue weighted by Crippen LogP contribution is 2.35. The minimum Gasteiger partial charge on any atom is -0.397 e. The lowest BCUT2D eigenvalue weighted by molar-refractivity contribution is 1.40. The summed E-state index contributed by atoms with van der Waals surface area (Å²) in [6, 6.07) is 12.9. The maximum absolute atomic E-state index is 6.17. The Kier molecular flexibility index (Phi) is 3.38. The van der Waals surface area contributed by atoms with Crippen molar-refractivity contribution < 1.29 is 0 Å². The molecule has 3 rings (SSSR count). The second-order valence-electron chi connectivity index (χ2n) is 4.32. The number of nitrogen functional groups attached to an aromatic ring is 1. The minimum atomic E-state index is 0.561. The highest BCUT2D eigenvalue weighted by Gasteiger charge is 2.09. The number of halogens is 2. The summed E-state index contributed by atoms with van der Waals surface area (Å²) < 4.78 is 0. The van der Waals surface area contributed by atoms with Crippen LogP contribution in [0.2, 0.25) is 10.0 Å². The van der Waals surface area contributed by atoms with Gasteiger partial charge in [0, 0.05) is 17.3 Å². The van der Waals surface area contributed by atoms with Crippen LogP contribution in [0.5, 0.6) is 0 Å². The van der Waals surface area contributed by atoms with Crippen molar-refractivity contribution in [2.45, 2.75) is 0 Å². The van der Waals surface area contributed by atoms with E-state index in [4.69, 9.17) is 28.9 Å². The van der Waals surface area contributed by atoms with Gasteiger partial charge in [-0.15, -0.1) is 0 Å². The molecular weight excluding hydrogens is 293 g/mol. The Balaban J connectivity index is 2.14. The molecule has 0 saturated carbocycles. The molecule has 0 radical (unpaired) electrons. The maximum atomic E-state index is 6.17. The van der Waals surface area contributed by atoms with Gasteiger partial charge < -0.3 is 11.1 Å². The summed E-state index contributed by atoms with van der Waals surface area (Å²) in [6.07, 6.45) is 1.70. The number of aromatic nitrogens is 1. The summed E-state index contributed by atoms with van der Waals surface area (Å²) in [4.78, 5) is 4.30. The lowest BCUT2D eigenvalue weighted by Gasteiger charge is -2.12. The first-order chi connectivity index (χ1) is 9.66. The van der Waals surface area contributed by atoms with Gasteiger partial charge in [0.2, 0.25) is 0 Å². The van der Waals surface area contributed by atoms with Crippen LogP contribution in [-0.2, 0) is 0 Å². The van der Waals surface area contributed by atoms with Gasteiger partial charge in [0.05, 0.1) is 26.9 Å². The lowest BCUT2D eigenvalue weighted by atomic mass is 10.1. The second kappa shape index (κ2) is 5.19. The number of hydrogen-bond donors (Lipinski definition) is 2. The van der Waals surface area contributed by atoms with Crippen molar-refractivity contribution in [1.29, 1.82) is 0 Å². The fraction of sp³-hybridized carbons (Fsp3) is 0. The smallest absolute Gasteiger partial charge is 0.0951 e. The van der Waals surface area contributed by atoms with Gasteiger partial charge in [-0.2, -0.15) is 0 Å². The van der Waals surface area contributed by atoms with Crippen molar-refractivity contribution in [2.75, 3.05) is 11.1 Å². The SMILES string of the molecule is Nc1cccc2c(Nc3c(Cl)cccc3Cl)ccnc12. The van der Waals surface area contributed by atoms with Gasteiger partial charge >= 0.3 is 0 Å². The second-order valence-corrected chi connectivity index (χ2v) is 5.14. The molecule has 0 spiro atoms. The molecule has 0 aliphatic heterocycles. The van der Waals surface area contributed by atoms with E-state index in [2.05, 4.69) is 10.3 Å². The Morgan fingerprint density at radius 2 is 1.65 bits per heavy atom. The van der Waals surface area contributed by atoms with E-state index < -0.39 is 0 Å². The Hall–Kier alpha value is -1.97. The molecule has 0 atom stereocenters. The van der Waals surface area contributed by atoms with Gasteiger partial charge in [0.25, 0.3) is 0 Å². The Morgan fingerprint density at radius 1 is 0.950 bits per heavy atom. The predicted molar refractivity (Wildman–Crippen MR) is 85.9 cm³/mol. The third-order valence-corrected chi connectivity index (χ3v) is 3.65. The van der Waals surface area contributed by atoms with Crippen molar-refractivity contribution in [3.63, 3.8) is 0 Å². The number of anilines is 3. The molecule has 5 heteroatoms. The first-order valence-corrected chi connectivity index (χ1v) is 6.76. The van der Waals surface area contributed by atoms with Crippen LogP contribution in [0.3, 0.4) is 0 Å². The molecule has 0 saturated heterocycles. The maximum Gasteiger partial charge on any atom is 0.0951 e. The third-order valence-electron chi connectivity index (χ3n) is 3.02. The van der Waals surface area contributed by atoms with Crippen LogP contribution in [-0.4, -0.2) is 4.98 Å². The Labute approximate surface area is 126 Å². The van der Waals surface area contributed by atoms with E-state index in [0.717, 1.165) is 16.6 Å². The monoisotopic (exact) mass is 303 g/mol. The number of nitrogens with one attached hydrogen (secondary N) is 1. The minimum absolute atomic E-state index is 0.561. The number of fused-ring (bicyclic) bond motifs is 1. The fourth-order valence-electron chi connectivity index (χ4n) is 2.06. The van der Waals surface area contributed by atoms with E-state index in [9.17, 15) is 0 Å². The molecule has 0 amide bonds. The first-order valence-electron chi connectivity index (χ1n) is 6.01. The number of benzene rings is 2. The number of pyridine rings is 1. The lowest BCUT2D eigenvalue weighted by Crippen LogP contribution is -1.96. The number of para-hydroxylation sites is 2. The highest BCUT2D eigenvalue weighted by molar-refractivity contribution is 6.39. The van der Waals surface area contributed by atoms with E-state index >= 15 is 0 Å². The van der Waals surface area contributed by atoms with Crippen molar-refractivity contribution >= 4 is 51.2 Å². The van der Waals surface area contributed by atoms with Crippen molar-refractivity contribution in [3.05, 3.63) is 58.7 Å². The average Bonchev–Trinajstić information content (AvgIpc) is 2.44. The largest absolute Gasteiger partial charge is 0.397 e. The molecule has 2 aromatic carbocycles. The average molecular weight is 304 g/mol. The van der Waals surface area contributed by atoms with Gasteiger partial charge in [-0.05, 0) is 24.3 Å². The molecule has 3 aromatic rings. The van der Waals surface area contributed by atoms with E-state index in [1.807, 2.05) is 24.3 Å². The molecule has 3 nitrogen and oxygen atoms in total. The Bertz CT molecular complexity index is 767. The van der Waals surface area contributed by atoms with Crippen LogP contribution in [0.25, 0.3) is 10.9 Å². The molecule has 0 fully saturated rings. The van der Waals surface area contributed by atoms with Gasteiger partial charge in [0.1, 0.15) is 0 Å². The van der Waals surface area contributed by atoms with Crippen LogP contribution >= 0.6 is 23.2 Å². The number of nitrogens with two attached hydrogens (primary N) is 1.